The molecule has 1 aliphatic rings. The predicted molar refractivity (Wildman–Crippen MR) is 82.4 cm³/mol. The third-order valence-corrected chi connectivity index (χ3v) is 3.77. The number of aliphatic carboxylic acids is 1. The average molecular weight is 303 g/mol. The van der Waals surface area contributed by atoms with Crippen LogP contribution >= 0.6 is 0 Å². The van der Waals surface area contributed by atoms with E-state index in [0.29, 0.717) is 39.0 Å². The summed E-state index contributed by atoms with van der Waals surface area (Å²) in [5.41, 5.74) is 2.03. The zero-order valence-electron chi connectivity index (χ0n) is 12.5. The number of hydrogen-bond donors (Lipinski definition) is 1. The third-order valence-electron chi connectivity index (χ3n) is 3.77. The molecule has 22 heavy (non-hydrogen) atoms. The normalized spacial score (nSPS) is 16.9. The molecule has 0 aliphatic carbocycles. The van der Waals surface area contributed by atoms with E-state index in [0.717, 1.165) is 11.1 Å². The molecule has 1 atom stereocenters. The highest BCUT2D eigenvalue weighted by molar-refractivity contribution is 5.84. The Kier molecular flexibility index (Phi) is 5.72. The van der Waals surface area contributed by atoms with E-state index in [1.54, 1.807) is 6.08 Å². The number of rotatable bonds is 7. The van der Waals surface area contributed by atoms with E-state index in [1.165, 1.54) is 4.90 Å². The molecular weight excluding hydrogens is 282 g/mol. The van der Waals surface area contributed by atoms with Gasteiger partial charge in [0, 0.05) is 26.0 Å². The van der Waals surface area contributed by atoms with Gasteiger partial charge in [-0.15, -0.1) is 6.58 Å². The molecule has 1 unspecified atom stereocenters. The molecule has 0 aromatic heterocycles. The molecule has 1 amide bonds. The lowest BCUT2D eigenvalue weighted by Crippen LogP contribution is -2.48. The van der Waals surface area contributed by atoms with Gasteiger partial charge in [-0.05, 0) is 17.5 Å². The Morgan fingerprint density at radius 2 is 2.09 bits per heavy atom. The van der Waals surface area contributed by atoms with Crippen molar-refractivity contribution in [2.75, 3.05) is 13.2 Å². The standard InChI is InChI=1S/C17H21NO4/c1-2-9-22-10-5-8-16(19)18-12-14-7-4-3-6-13(14)11-15(18)17(20)21/h2-4,6-7,15H,1,5,8-12H2,(H,20,21). The zero-order chi connectivity index (χ0) is 15.9. The number of hydrogen-bond acceptors (Lipinski definition) is 3. The minimum Gasteiger partial charge on any atom is -0.480 e. The number of nitrogens with zero attached hydrogens (tertiary/aromatic N) is 1. The first-order valence-corrected chi connectivity index (χ1v) is 7.41. The summed E-state index contributed by atoms with van der Waals surface area (Å²) in [4.78, 5) is 25.3. The van der Waals surface area contributed by atoms with Crippen molar-refractivity contribution in [1.82, 2.24) is 4.90 Å². The number of ether oxygens (including phenoxy) is 1. The summed E-state index contributed by atoms with van der Waals surface area (Å²) >= 11 is 0. The molecule has 1 N–H and O–H groups in total. The summed E-state index contributed by atoms with van der Waals surface area (Å²) in [6.45, 7) is 4.85. The van der Waals surface area contributed by atoms with Crippen LogP contribution in [-0.4, -0.2) is 41.1 Å². The second-order valence-corrected chi connectivity index (χ2v) is 5.32. The van der Waals surface area contributed by atoms with Crippen molar-refractivity contribution in [3.8, 4) is 0 Å². The largest absolute Gasteiger partial charge is 0.480 e. The zero-order valence-corrected chi connectivity index (χ0v) is 12.5. The first-order valence-electron chi connectivity index (χ1n) is 7.41. The Morgan fingerprint density at radius 3 is 2.77 bits per heavy atom. The summed E-state index contributed by atoms with van der Waals surface area (Å²) < 4.78 is 5.25. The predicted octanol–water partition coefficient (Wildman–Crippen LogP) is 2.01. The molecule has 1 aromatic rings. The van der Waals surface area contributed by atoms with Crippen LogP contribution in [0.2, 0.25) is 0 Å². The van der Waals surface area contributed by atoms with Gasteiger partial charge in [0.2, 0.25) is 5.91 Å². The number of amides is 1. The maximum Gasteiger partial charge on any atom is 0.326 e. The molecule has 0 bridgehead atoms. The first-order chi connectivity index (χ1) is 10.6. The molecule has 1 aliphatic heterocycles. The topological polar surface area (TPSA) is 66.8 Å². The molecule has 118 valence electrons. The van der Waals surface area contributed by atoms with Gasteiger partial charge in [0.25, 0.3) is 0 Å². The van der Waals surface area contributed by atoms with Gasteiger partial charge in [0.15, 0.2) is 0 Å². The summed E-state index contributed by atoms with van der Waals surface area (Å²) in [5, 5.41) is 9.40. The van der Waals surface area contributed by atoms with Crippen molar-refractivity contribution in [1.29, 1.82) is 0 Å². The SMILES string of the molecule is C=CCOCCCC(=O)N1Cc2ccccc2CC1C(=O)O. The minimum atomic E-state index is -0.953. The van der Waals surface area contributed by atoms with E-state index in [2.05, 4.69) is 6.58 Å². The van der Waals surface area contributed by atoms with Gasteiger partial charge in [0.1, 0.15) is 6.04 Å². The van der Waals surface area contributed by atoms with Crippen LogP contribution < -0.4 is 0 Å². The Balaban J connectivity index is 1.99. The van der Waals surface area contributed by atoms with Crippen molar-refractivity contribution in [2.45, 2.75) is 31.8 Å². The third kappa shape index (κ3) is 3.95. The molecule has 2 rings (SSSR count). The highest BCUT2D eigenvalue weighted by Crippen LogP contribution is 2.24. The van der Waals surface area contributed by atoms with Gasteiger partial charge in [-0.1, -0.05) is 30.3 Å². The van der Waals surface area contributed by atoms with Crippen LogP contribution in [-0.2, 0) is 27.3 Å². The summed E-state index contributed by atoms with van der Waals surface area (Å²) in [6.07, 6.45) is 2.90. The number of carbonyl (C=O) groups is 2. The molecule has 0 radical (unpaired) electrons. The van der Waals surface area contributed by atoms with Crippen LogP contribution in [0.4, 0.5) is 0 Å². The van der Waals surface area contributed by atoms with Crippen molar-refractivity contribution in [3.63, 3.8) is 0 Å². The highest BCUT2D eigenvalue weighted by Gasteiger charge is 2.33. The van der Waals surface area contributed by atoms with E-state index in [9.17, 15) is 14.7 Å². The Hall–Kier alpha value is -2.14. The molecule has 0 fully saturated rings. The lowest BCUT2D eigenvalue weighted by molar-refractivity contribution is -0.151. The minimum absolute atomic E-state index is 0.135. The second-order valence-electron chi connectivity index (χ2n) is 5.32. The van der Waals surface area contributed by atoms with E-state index in [4.69, 9.17) is 4.74 Å². The Morgan fingerprint density at radius 1 is 1.36 bits per heavy atom. The van der Waals surface area contributed by atoms with Crippen LogP contribution in [0, 0.1) is 0 Å². The fraction of sp³-hybridized carbons (Fsp3) is 0.412. The van der Waals surface area contributed by atoms with E-state index < -0.39 is 12.0 Å². The van der Waals surface area contributed by atoms with Crippen LogP contribution in [0.15, 0.2) is 36.9 Å². The summed E-state index contributed by atoms with van der Waals surface area (Å²) in [6, 6.07) is 6.89. The van der Waals surface area contributed by atoms with E-state index in [1.807, 2.05) is 24.3 Å². The number of carbonyl (C=O) groups excluding carboxylic acids is 1. The molecule has 0 saturated heterocycles. The van der Waals surface area contributed by atoms with Gasteiger partial charge < -0.3 is 14.7 Å². The molecule has 0 saturated carbocycles. The van der Waals surface area contributed by atoms with Crippen LogP contribution in [0.1, 0.15) is 24.0 Å². The van der Waals surface area contributed by atoms with Gasteiger partial charge in [-0.25, -0.2) is 4.79 Å². The van der Waals surface area contributed by atoms with Crippen molar-refractivity contribution in [2.24, 2.45) is 0 Å². The lowest BCUT2D eigenvalue weighted by Gasteiger charge is -2.34. The molecular formula is C17H21NO4. The number of carboxylic acid groups (broad SMARTS) is 1. The van der Waals surface area contributed by atoms with Crippen molar-refractivity contribution in [3.05, 3.63) is 48.0 Å². The average Bonchev–Trinajstić information content (AvgIpc) is 2.53. The first kappa shape index (κ1) is 16.2. The number of fused-ring (bicyclic) bond motifs is 1. The number of carboxylic acids is 1. The van der Waals surface area contributed by atoms with Gasteiger partial charge in [-0.2, -0.15) is 0 Å². The molecule has 1 heterocycles. The van der Waals surface area contributed by atoms with E-state index >= 15 is 0 Å². The molecule has 0 spiro atoms. The monoisotopic (exact) mass is 303 g/mol. The van der Waals surface area contributed by atoms with Gasteiger partial charge in [0.05, 0.1) is 6.61 Å². The quantitative estimate of drug-likeness (QED) is 0.618. The van der Waals surface area contributed by atoms with Gasteiger partial charge in [-0.3, -0.25) is 4.79 Å². The van der Waals surface area contributed by atoms with Crippen LogP contribution in [0.3, 0.4) is 0 Å². The highest BCUT2D eigenvalue weighted by atomic mass is 16.5. The molecule has 5 heteroatoms. The van der Waals surface area contributed by atoms with Gasteiger partial charge >= 0.3 is 5.97 Å². The van der Waals surface area contributed by atoms with E-state index in [-0.39, 0.29) is 5.91 Å². The second kappa shape index (κ2) is 7.75. The molecule has 5 nitrogen and oxygen atoms in total. The number of benzene rings is 1. The summed E-state index contributed by atoms with van der Waals surface area (Å²) in [5.74, 6) is -1.09. The Bertz CT molecular complexity index is 555. The maximum atomic E-state index is 12.3. The van der Waals surface area contributed by atoms with Crippen LogP contribution in [0.5, 0.6) is 0 Å². The smallest absolute Gasteiger partial charge is 0.326 e. The fourth-order valence-electron chi connectivity index (χ4n) is 2.64. The maximum absolute atomic E-state index is 12.3. The molecule has 1 aromatic carbocycles. The lowest BCUT2D eigenvalue weighted by atomic mass is 9.93. The Labute approximate surface area is 130 Å². The van der Waals surface area contributed by atoms with Crippen LogP contribution in [0.25, 0.3) is 0 Å². The summed E-state index contributed by atoms with van der Waals surface area (Å²) in [7, 11) is 0. The fourth-order valence-corrected chi connectivity index (χ4v) is 2.64. The van der Waals surface area contributed by atoms with Crippen molar-refractivity contribution < 1.29 is 19.4 Å². The van der Waals surface area contributed by atoms with Crippen molar-refractivity contribution >= 4 is 11.9 Å².